The number of piperidine rings is 1. The van der Waals surface area contributed by atoms with Gasteiger partial charge in [-0.1, -0.05) is 0 Å². The highest BCUT2D eigenvalue weighted by molar-refractivity contribution is 7.88. The van der Waals surface area contributed by atoms with Crippen molar-refractivity contribution in [3.05, 3.63) is 16.6 Å². The molecule has 2 aliphatic rings. The number of aliphatic hydroxyl groups is 1. The third-order valence-corrected chi connectivity index (χ3v) is 6.73. The average molecular weight is 345 g/mol. The van der Waals surface area contributed by atoms with Crippen molar-refractivity contribution in [2.75, 3.05) is 25.9 Å². The molecule has 122 valence electrons. The summed E-state index contributed by atoms with van der Waals surface area (Å²) in [6.45, 7) is 1.04. The summed E-state index contributed by atoms with van der Waals surface area (Å²) < 4.78 is 25.4. The highest BCUT2D eigenvalue weighted by atomic mass is 32.2. The summed E-state index contributed by atoms with van der Waals surface area (Å²) in [6, 6.07) is 0. The van der Waals surface area contributed by atoms with E-state index in [0.717, 1.165) is 6.42 Å². The predicted octanol–water partition coefficient (Wildman–Crippen LogP) is 0.144. The zero-order valence-electron chi connectivity index (χ0n) is 12.3. The average Bonchev–Trinajstić information content (AvgIpc) is 3.10. The Bertz CT molecular complexity index is 661. The maximum atomic E-state index is 12.3. The van der Waals surface area contributed by atoms with E-state index >= 15 is 0 Å². The first-order valence-corrected chi connectivity index (χ1v) is 9.91. The topological polar surface area (TPSA) is 90.8 Å². The van der Waals surface area contributed by atoms with E-state index in [-0.39, 0.29) is 12.5 Å². The number of nitrogens with zero attached hydrogens (tertiary/aromatic N) is 3. The largest absolute Gasteiger partial charge is 0.389 e. The number of likely N-dealkylation sites (tertiary alicyclic amines) is 1. The van der Waals surface area contributed by atoms with Gasteiger partial charge in [0.2, 0.25) is 10.0 Å². The standard InChI is InChI=1S/C13H19N3O4S2/c1-22(19,20)16-5-2-3-13(16)4-6-15(8-11(13)17)12(18)10-7-14-9-21-10/h7,9,11,17H,2-6,8H2,1H3/t11-,13-/m0/s1. The molecule has 1 amide bonds. The van der Waals surface area contributed by atoms with Crippen LogP contribution in [0, 0.1) is 0 Å². The Balaban J connectivity index is 1.79. The lowest BCUT2D eigenvalue weighted by Gasteiger charge is -2.47. The Hall–Kier alpha value is -1.03. The van der Waals surface area contributed by atoms with E-state index in [1.165, 1.54) is 28.1 Å². The lowest BCUT2D eigenvalue weighted by Crippen LogP contribution is -2.63. The minimum Gasteiger partial charge on any atom is -0.389 e. The molecule has 1 aromatic heterocycles. The molecular formula is C13H19N3O4S2. The molecule has 0 radical (unpaired) electrons. The summed E-state index contributed by atoms with van der Waals surface area (Å²) in [5.41, 5.74) is 0.843. The highest BCUT2D eigenvalue weighted by Gasteiger charge is 2.53. The predicted molar refractivity (Wildman–Crippen MR) is 82.2 cm³/mol. The van der Waals surface area contributed by atoms with Crippen LogP contribution in [0.4, 0.5) is 0 Å². The number of carbonyl (C=O) groups excluding carboxylic acids is 1. The second-order valence-electron chi connectivity index (χ2n) is 5.92. The van der Waals surface area contributed by atoms with Crippen LogP contribution in [0.15, 0.2) is 11.7 Å². The molecule has 1 aromatic rings. The molecule has 2 fully saturated rings. The molecule has 1 N–H and O–H groups in total. The molecule has 2 saturated heterocycles. The normalized spacial score (nSPS) is 30.1. The fourth-order valence-corrected chi connectivity index (χ4v) is 5.59. The number of sulfonamides is 1. The van der Waals surface area contributed by atoms with Gasteiger partial charge in [0.15, 0.2) is 0 Å². The fourth-order valence-electron chi connectivity index (χ4n) is 3.58. The monoisotopic (exact) mass is 345 g/mol. The molecule has 9 heteroatoms. The number of hydrogen-bond acceptors (Lipinski definition) is 6. The number of hydrogen-bond donors (Lipinski definition) is 1. The summed E-state index contributed by atoms with van der Waals surface area (Å²) in [7, 11) is -3.36. The van der Waals surface area contributed by atoms with Crippen molar-refractivity contribution in [3.8, 4) is 0 Å². The Kier molecular flexibility index (Phi) is 4.00. The first kappa shape index (κ1) is 15.9. The molecule has 1 spiro atoms. The van der Waals surface area contributed by atoms with Crippen LogP contribution in [0.25, 0.3) is 0 Å². The van der Waals surface area contributed by atoms with Gasteiger partial charge in [-0.05, 0) is 19.3 Å². The first-order chi connectivity index (χ1) is 10.3. The van der Waals surface area contributed by atoms with Crippen LogP contribution in [-0.2, 0) is 10.0 Å². The summed E-state index contributed by atoms with van der Waals surface area (Å²) >= 11 is 1.26. The number of β-amino-alcohol motifs (C(OH)–C–C–N with tert-alkyl or cyclic N) is 1. The zero-order valence-corrected chi connectivity index (χ0v) is 13.9. The molecule has 0 saturated carbocycles. The van der Waals surface area contributed by atoms with Crippen LogP contribution in [0.5, 0.6) is 0 Å². The first-order valence-electron chi connectivity index (χ1n) is 7.18. The summed E-state index contributed by atoms with van der Waals surface area (Å²) in [4.78, 5) is 18.4. The van der Waals surface area contributed by atoms with Gasteiger partial charge in [0.25, 0.3) is 5.91 Å². The van der Waals surface area contributed by atoms with Gasteiger partial charge in [-0.2, -0.15) is 4.31 Å². The van der Waals surface area contributed by atoms with Crippen molar-refractivity contribution in [2.45, 2.75) is 30.9 Å². The van der Waals surface area contributed by atoms with Crippen molar-refractivity contribution >= 4 is 27.3 Å². The number of rotatable bonds is 2. The number of aromatic nitrogens is 1. The van der Waals surface area contributed by atoms with Crippen molar-refractivity contribution in [3.63, 3.8) is 0 Å². The Morgan fingerprint density at radius 1 is 1.45 bits per heavy atom. The van der Waals surface area contributed by atoms with E-state index in [9.17, 15) is 18.3 Å². The van der Waals surface area contributed by atoms with E-state index in [4.69, 9.17) is 0 Å². The summed E-state index contributed by atoms with van der Waals surface area (Å²) in [5, 5.41) is 10.6. The Labute approximate surface area is 133 Å². The van der Waals surface area contributed by atoms with E-state index < -0.39 is 21.7 Å². The van der Waals surface area contributed by atoms with Crippen LogP contribution in [0.2, 0.25) is 0 Å². The van der Waals surface area contributed by atoms with E-state index in [1.807, 2.05) is 0 Å². The molecule has 2 aliphatic heterocycles. The van der Waals surface area contributed by atoms with Crippen LogP contribution >= 0.6 is 11.3 Å². The van der Waals surface area contributed by atoms with Crippen molar-refractivity contribution in [1.82, 2.24) is 14.2 Å². The molecule has 0 aromatic carbocycles. The molecular weight excluding hydrogens is 326 g/mol. The molecule has 0 aliphatic carbocycles. The van der Waals surface area contributed by atoms with Crippen molar-refractivity contribution < 1.29 is 18.3 Å². The molecule has 0 bridgehead atoms. The maximum absolute atomic E-state index is 12.3. The Morgan fingerprint density at radius 3 is 2.82 bits per heavy atom. The highest BCUT2D eigenvalue weighted by Crippen LogP contribution is 2.40. The lowest BCUT2D eigenvalue weighted by atomic mass is 9.83. The zero-order chi connectivity index (χ0) is 16.0. The van der Waals surface area contributed by atoms with Gasteiger partial charge in [-0.25, -0.2) is 8.42 Å². The molecule has 22 heavy (non-hydrogen) atoms. The lowest BCUT2D eigenvalue weighted by molar-refractivity contribution is -0.0291. The fraction of sp³-hybridized carbons (Fsp3) is 0.692. The van der Waals surface area contributed by atoms with Gasteiger partial charge < -0.3 is 10.0 Å². The third-order valence-electron chi connectivity index (χ3n) is 4.63. The number of carbonyl (C=O) groups is 1. The van der Waals surface area contributed by atoms with E-state index in [0.29, 0.717) is 30.8 Å². The molecule has 7 nitrogen and oxygen atoms in total. The third kappa shape index (κ3) is 2.55. The van der Waals surface area contributed by atoms with Crippen LogP contribution in [0.1, 0.15) is 28.9 Å². The van der Waals surface area contributed by atoms with Gasteiger partial charge in [-0.15, -0.1) is 11.3 Å². The van der Waals surface area contributed by atoms with Gasteiger partial charge in [0.1, 0.15) is 4.88 Å². The number of thiazole rings is 1. The second-order valence-corrected chi connectivity index (χ2v) is 8.72. The van der Waals surface area contributed by atoms with E-state index in [2.05, 4.69) is 4.98 Å². The van der Waals surface area contributed by atoms with Crippen LogP contribution in [-0.4, -0.2) is 71.2 Å². The second kappa shape index (κ2) is 5.55. The van der Waals surface area contributed by atoms with Gasteiger partial charge in [-0.3, -0.25) is 9.78 Å². The smallest absolute Gasteiger partial charge is 0.265 e. The Morgan fingerprint density at radius 2 is 2.23 bits per heavy atom. The van der Waals surface area contributed by atoms with Gasteiger partial charge in [0, 0.05) is 19.6 Å². The van der Waals surface area contributed by atoms with Gasteiger partial charge >= 0.3 is 0 Å². The number of aliphatic hydroxyl groups excluding tert-OH is 1. The molecule has 3 heterocycles. The number of amides is 1. The van der Waals surface area contributed by atoms with Gasteiger partial charge in [0.05, 0.1) is 29.6 Å². The molecule has 2 atom stereocenters. The maximum Gasteiger partial charge on any atom is 0.265 e. The quantitative estimate of drug-likeness (QED) is 0.824. The van der Waals surface area contributed by atoms with E-state index in [1.54, 1.807) is 10.4 Å². The van der Waals surface area contributed by atoms with Crippen molar-refractivity contribution in [1.29, 1.82) is 0 Å². The minimum atomic E-state index is -3.36. The van der Waals surface area contributed by atoms with Crippen LogP contribution in [0.3, 0.4) is 0 Å². The van der Waals surface area contributed by atoms with Crippen molar-refractivity contribution in [2.24, 2.45) is 0 Å². The molecule has 0 unspecified atom stereocenters. The minimum absolute atomic E-state index is 0.152. The SMILES string of the molecule is CS(=O)(=O)N1CCC[C@@]12CCN(C(=O)c1cncs1)C[C@@H]2O. The summed E-state index contributed by atoms with van der Waals surface area (Å²) in [6.07, 6.45) is 3.68. The van der Waals surface area contributed by atoms with Crippen LogP contribution < -0.4 is 0 Å². The molecule has 3 rings (SSSR count). The summed E-state index contributed by atoms with van der Waals surface area (Å²) in [5.74, 6) is -0.152.